The first-order valence-corrected chi connectivity index (χ1v) is 2.99. The van der Waals surface area contributed by atoms with E-state index < -0.39 is 4.93 Å². The highest BCUT2D eigenvalue weighted by molar-refractivity contribution is 7.81. The molecule has 0 spiro atoms. The summed E-state index contributed by atoms with van der Waals surface area (Å²) in [6.07, 6.45) is 1.24. The van der Waals surface area contributed by atoms with Crippen LogP contribution >= 0.6 is 12.6 Å². The second-order valence-electron chi connectivity index (χ2n) is 2.15. The molecule has 0 saturated carbocycles. The second kappa shape index (κ2) is 1.65. The molecule has 3 heteroatoms. The van der Waals surface area contributed by atoms with Crippen molar-refractivity contribution in [3.8, 4) is 0 Å². The van der Waals surface area contributed by atoms with Crippen molar-refractivity contribution in [2.45, 2.75) is 24.7 Å². The van der Waals surface area contributed by atoms with E-state index in [1.165, 1.54) is 0 Å². The molecular weight excluding hydrogens is 124 g/mol. The van der Waals surface area contributed by atoms with Gasteiger partial charge in [-0.1, -0.05) is 0 Å². The van der Waals surface area contributed by atoms with E-state index in [-0.39, 0.29) is 5.97 Å². The van der Waals surface area contributed by atoms with Gasteiger partial charge in [0, 0.05) is 6.42 Å². The van der Waals surface area contributed by atoms with Gasteiger partial charge in [0.1, 0.15) is 0 Å². The van der Waals surface area contributed by atoms with E-state index in [0.717, 1.165) is 6.42 Å². The van der Waals surface area contributed by atoms with E-state index in [1.807, 2.05) is 0 Å². The average Bonchev–Trinajstić information content (AvgIpc) is 1.82. The number of ether oxygens (including phenoxy) is 1. The van der Waals surface area contributed by atoms with Gasteiger partial charge in [-0.05, 0) is 6.92 Å². The molecule has 1 rings (SSSR count). The van der Waals surface area contributed by atoms with Crippen molar-refractivity contribution in [3.05, 3.63) is 0 Å². The zero-order chi connectivity index (χ0) is 6.20. The van der Waals surface area contributed by atoms with Gasteiger partial charge in [0.05, 0.1) is 6.42 Å². The fourth-order valence-corrected chi connectivity index (χ4v) is 0.895. The van der Waals surface area contributed by atoms with Crippen molar-refractivity contribution in [2.75, 3.05) is 0 Å². The van der Waals surface area contributed by atoms with Crippen LogP contribution in [0, 0.1) is 0 Å². The molecule has 1 saturated heterocycles. The maximum atomic E-state index is 10.4. The highest BCUT2D eigenvalue weighted by Crippen LogP contribution is 2.28. The number of cyclic esters (lactones) is 1. The Kier molecular flexibility index (Phi) is 1.23. The lowest BCUT2D eigenvalue weighted by Crippen LogP contribution is -2.13. The maximum absolute atomic E-state index is 10.4. The largest absolute Gasteiger partial charge is 0.448 e. The molecule has 46 valence electrons. The van der Waals surface area contributed by atoms with E-state index in [1.54, 1.807) is 6.92 Å². The Morgan fingerprint density at radius 2 is 2.50 bits per heavy atom. The molecule has 0 aromatic rings. The zero-order valence-electron chi connectivity index (χ0n) is 4.68. The van der Waals surface area contributed by atoms with Crippen LogP contribution in [0.1, 0.15) is 19.8 Å². The number of carbonyl (C=O) groups excluding carboxylic acids is 1. The van der Waals surface area contributed by atoms with Gasteiger partial charge in [0.15, 0.2) is 4.93 Å². The molecule has 1 aliphatic heterocycles. The van der Waals surface area contributed by atoms with Crippen LogP contribution in [0.5, 0.6) is 0 Å². The molecule has 1 aliphatic rings. The van der Waals surface area contributed by atoms with Crippen LogP contribution in [0.2, 0.25) is 0 Å². The first-order valence-electron chi connectivity index (χ1n) is 2.54. The Balaban J connectivity index is 2.56. The number of esters is 1. The number of hydrogen-bond donors (Lipinski definition) is 1. The smallest absolute Gasteiger partial charge is 0.307 e. The molecule has 0 aromatic carbocycles. The number of hydrogen-bond acceptors (Lipinski definition) is 3. The standard InChI is InChI=1S/C5H8O2S/c1-5(8)3-2-4(6)7-5/h8H,2-3H2,1H3. The number of carbonyl (C=O) groups is 1. The summed E-state index contributed by atoms with van der Waals surface area (Å²) in [7, 11) is 0. The van der Waals surface area contributed by atoms with Gasteiger partial charge in [-0.2, -0.15) is 0 Å². The summed E-state index contributed by atoms with van der Waals surface area (Å²) in [4.78, 5) is 9.90. The van der Waals surface area contributed by atoms with Gasteiger partial charge >= 0.3 is 5.97 Å². The fourth-order valence-electron chi connectivity index (χ4n) is 0.681. The molecular formula is C5H8O2S. The number of thiol groups is 1. The lowest BCUT2D eigenvalue weighted by Gasteiger charge is -2.12. The lowest BCUT2D eigenvalue weighted by molar-refractivity contribution is -0.142. The van der Waals surface area contributed by atoms with Crippen LogP contribution in [0.25, 0.3) is 0 Å². The Morgan fingerprint density at radius 3 is 2.62 bits per heavy atom. The Labute approximate surface area is 53.6 Å². The monoisotopic (exact) mass is 132 g/mol. The summed E-state index contributed by atoms with van der Waals surface area (Å²) in [5, 5.41) is 0. The summed E-state index contributed by atoms with van der Waals surface area (Å²) < 4.78 is 4.77. The van der Waals surface area contributed by atoms with Crippen molar-refractivity contribution in [3.63, 3.8) is 0 Å². The van der Waals surface area contributed by atoms with E-state index >= 15 is 0 Å². The third kappa shape index (κ3) is 1.15. The lowest BCUT2D eigenvalue weighted by atomic mass is 10.3. The SMILES string of the molecule is CC1(S)CCC(=O)O1. The molecule has 2 nitrogen and oxygen atoms in total. The molecule has 0 aliphatic carbocycles. The van der Waals surface area contributed by atoms with E-state index in [4.69, 9.17) is 4.74 Å². The quantitative estimate of drug-likeness (QED) is 0.392. The first-order chi connectivity index (χ1) is 3.60. The third-order valence-corrected chi connectivity index (χ3v) is 1.44. The summed E-state index contributed by atoms with van der Waals surface area (Å²) >= 11 is 4.07. The van der Waals surface area contributed by atoms with Crippen LogP contribution in [0.3, 0.4) is 0 Å². The van der Waals surface area contributed by atoms with Crippen LogP contribution in [-0.2, 0) is 9.53 Å². The molecule has 0 radical (unpaired) electrons. The molecule has 8 heavy (non-hydrogen) atoms. The highest BCUT2D eigenvalue weighted by atomic mass is 32.1. The number of rotatable bonds is 0. The van der Waals surface area contributed by atoms with Gasteiger partial charge < -0.3 is 4.74 Å². The average molecular weight is 132 g/mol. The predicted octanol–water partition coefficient (Wildman–Crippen LogP) is 0.969. The van der Waals surface area contributed by atoms with Crippen molar-refractivity contribution < 1.29 is 9.53 Å². The normalized spacial score (nSPS) is 37.5. The minimum atomic E-state index is -0.489. The Hall–Kier alpha value is -0.180. The Bertz CT molecular complexity index is 120. The molecule has 1 fully saturated rings. The van der Waals surface area contributed by atoms with E-state index in [0.29, 0.717) is 6.42 Å². The molecule has 1 heterocycles. The fraction of sp³-hybridized carbons (Fsp3) is 0.800. The second-order valence-corrected chi connectivity index (χ2v) is 3.10. The molecule has 1 unspecified atom stereocenters. The van der Waals surface area contributed by atoms with Crippen LogP contribution in [0.4, 0.5) is 0 Å². The predicted molar refractivity (Wildman–Crippen MR) is 32.7 cm³/mol. The topological polar surface area (TPSA) is 26.3 Å². The van der Waals surface area contributed by atoms with Crippen LogP contribution < -0.4 is 0 Å². The maximum Gasteiger partial charge on any atom is 0.307 e. The highest BCUT2D eigenvalue weighted by Gasteiger charge is 2.31. The molecule has 0 bridgehead atoms. The van der Waals surface area contributed by atoms with E-state index in [9.17, 15) is 4.79 Å². The van der Waals surface area contributed by atoms with Crippen LogP contribution in [0.15, 0.2) is 0 Å². The summed E-state index contributed by atoms with van der Waals surface area (Å²) in [5.41, 5.74) is 0. The first kappa shape index (κ1) is 5.95. The minimum absolute atomic E-state index is 0.137. The third-order valence-electron chi connectivity index (χ3n) is 1.13. The summed E-state index contributed by atoms with van der Waals surface area (Å²) in [6.45, 7) is 1.79. The van der Waals surface area contributed by atoms with Gasteiger partial charge in [-0.15, -0.1) is 12.6 Å². The molecule has 0 amide bonds. The van der Waals surface area contributed by atoms with Gasteiger partial charge in [-0.3, -0.25) is 4.79 Å². The van der Waals surface area contributed by atoms with Gasteiger partial charge in [-0.25, -0.2) is 0 Å². The molecule has 0 aromatic heterocycles. The van der Waals surface area contributed by atoms with Gasteiger partial charge in [0.25, 0.3) is 0 Å². The zero-order valence-corrected chi connectivity index (χ0v) is 5.57. The van der Waals surface area contributed by atoms with E-state index in [2.05, 4.69) is 12.6 Å². The Morgan fingerprint density at radius 1 is 1.88 bits per heavy atom. The summed E-state index contributed by atoms with van der Waals surface area (Å²) in [5.74, 6) is -0.137. The van der Waals surface area contributed by atoms with Crippen molar-refractivity contribution in [2.24, 2.45) is 0 Å². The molecule has 1 atom stereocenters. The van der Waals surface area contributed by atoms with Crippen molar-refractivity contribution in [1.29, 1.82) is 0 Å². The van der Waals surface area contributed by atoms with Crippen molar-refractivity contribution in [1.82, 2.24) is 0 Å². The molecule has 0 N–H and O–H groups in total. The van der Waals surface area contributed by atoms with Gasteiger partial charge in [0.2, 0.25) is 0 Å². The van der Waals surface area contributed by atoms with Crippen LogP contribution in [-0.4, -0.2) is 10.9 Å². The summed E-state index contributed by atoms with van der Waals surface area (Å²) in [6, 6.07) is 0. The minimum Gasteiger partial charge on any atom is -0.448 e. The van der Waals surface area contributed by atoms with Crippen molar-refractivity contribution >= 4 is 18.6 Å².